The first kappa shape index (κ1) is 23.0. The second kappa shape index (κ2) is 10.2. The summed E-state index contributed by atoms with van der Waals surface area (Å²) in [6.07, 6.45) is -2.54. The van der Waals surface area contributed by atoms with Gasteiger partial charge in [0.25, 0.3) is 0 Å². The summed E-state index contributed by atoms with van der Waals surface area (Å²) >= 11 is 0. The number of rotatable bonds is 8. The zero-order valence-corrected chi connectivity index (χ0v) is 18.2. The number of aliphatic hydroxyl groups excluding tert-OH is 1. The van der Waals surface area contributed by atoms with Crippen LogP contribution in [0.1, 0.15) is 28.7 Å². The van der Waals surface area contributed by atoms with Gasteiger partial charge in [-0.25, -0.2) is 9.59 Å². The lowest BCUT2D eigenvalue weighted by molar-refractivity contribution is -0.146. The highest BCUT2D eigenvalue weighted by atomic mass is 16.5. The fraction of sp³-hybridized carbons (Fsp3) is 0.192. The molecular weight excluding hydrogens is 436 g/mol. The molecule has 8 heteroatoms. The van der Waals surface area contributed by atoms with E-state index in [2.05, 4.69) is 10.6 Å². The van der Waals surface area contributed by atoms with Gasteiger partial charge in [0.2, 0.25) is 5.91 Å². The number of carboxylic acids is 1. The topological polar surface area (TPSA) is 125 Å². The van der Waals surface area contributed by atoms with Gasteiger partial charge in [-0.15, -0.1) is 0 Å². The smallest absolute Gasteiger partial charge is 0.408 e. The van der Waals surface area contributed by atoms with Crippen molar-refractivity contribution in [1.82, 2.24) is 10.6 Å². The minimum atomic E-state index is -1.75. The quantitative estimate of drug-likeness (QED) is 0.410. The normalized spacial score (nSPS) is 13.8. The summed E-state index contributed by atoms with van der Waals surface area (Å²) in [4.78, 5) is 36.2. The zero-order valence-electron chi connectivity index (χ0n) is 18.2. The Kier molecular flexibility index (Phi) is 6.89. The SMILES string of the molecule is O=C(N[C@@H](C(=O)NCC(O)C(=O)O)c1ccccc1)OCC1c2ccccc2-c2ccccc21. The van der Waals surface area contributed by atoms with E-state index < -0.39 is 36.7 Å². The lowest BCUT2D eigenvalue weighted by atomic mass is 9.98. The number of hydrogen-bond donors (Lipinski definition) is 4. The first-order valence-electron chi connectivity index (χ1n) is 10.8. The van der Waals surface area contributed by atoms with Crippen molar-refractivity contribution in [2.45, 2.75) is 18.1 Å². The number of aliphatic hydroxyl groups is 1. The number of carbonyl (C=O) groups excluding carboxylic acids is 2. The predicted molar refractivity (Wildman–Crippen MR) is 124 cm³/mol. The number of carboxylic acid groups (broad SMARTS) is 1. The molecule has 4 rings (SSSR count). The van der Waals surface area contributed by atoms with Gasteiger partial charge >= 0.3 is 12.1 Å². The average molecular weight is 460 g/mol. The first-order valence-corrected chi connectivity index (χ1v) is 10.8. The predicted octanol–water partition coefficient (Wildman–Crippen LogP) is 2.83. The summed E-state index contributed by atoms with van der Waals surface area (Å²) in [5, 5.41) is 23.2. The molecule has 0 saturated heterocycles. The summed E-state index contributed by atoms with van der Waals surface area (Å²) in [6.45, 7) is -0.412. The van der Waals surface area contributed by atoms with E-state index in [4.69, 9.17) is 9.84 Å². The summed E-state index contributed by atoms with van der Waals surface area (Å²) in [5.41, 5.74) is 4.82. The Labute approximate surface area is 196 Å². The van der Waals surface area contributed by atoms with Gasteiger partial charge in [-0.1, -0.05) is 78.9 Å². The van der Waals surface area contributed by atoms with E-state index in [0.717, 1.165) is 22.3 Å². The molecule has 174 valence electrons. The Hall–Kier alpha value is -4.17. The highest BCUT2D eigenvalue weighted by Crippen LogP contribution is 2.44. The van der Waals surface area contributed by atoms with E-state index in [0.29, 0.717) is 5.56 Å². The van der Waals surface area contributed by atoms with Gasteiger partial charge in [0.1, 0.15) is 12.6 Å². The number of nitrogens with one attached hydrogen (secondary N) is 2. The zero-order chi connectivity index (χ0) is 24.1. The molecule has 1 aliphatic carbocycles. The van der Waals surface area contributed by atoms with E-state index in [9.17, 15) is 19.5 Å². The molecule has 3 aromatic rings. The average Bonchev–Trinajstić information content (AvgIpc) is 3.18. The molecular formula is C26H24N2O6. The molecule has 0 saturated carbocycles. The largest absolute Gasteiger partial charge is 0.479 e. The van der Waals surface area contributed by atoms with E-state index in [1.165, 1.54) is 0 Å². The minimum absolute atomic E-state index is 0.0840. The molecule has 0 fully saturated rings. The highest BCUT2D eigenvalue weighted by molar-refractivity contribution is 5.87. The molecule has 34 heavy (non-hydrogen) atoms. The number of carbonyl (C=O) groups is 3. The molecule has 8 nitrogen and oxygen atoms in total. The van der Waals surface area contributed by atoms with Crippen molar-refractivity contribution in [3.8, 4) is 11.1 Å². The lowest BCUT2D eigenvalue weighted by Gasteiger charge is -2.20. The van der Waals surface area contributed by atoms with E-state index in [-0.39, 0.29) is 12.5 Å². The summed E-state index contributed by atoms with van der Waals surface area (Å²) in [6, 6.07) is 23.3. The van der Waals surface area contributed by atoms with Crippen LogP contribution in [0.2, 0.25) is 0 Å². The lowest BCUT2D eigenvalue weighted by Crippen LogP contribution is -2.44. The van der Waals surface area contributed by atoms with E-state index in [1.807, 2.05) is 48.5 Å². The van der Waals surface area contributed by atoms with Crippen LogP contribution in [0, 0.1) is 0 Å². The number of ether oxygens (including phenoxy) is 1. The van der Waals surface area contributed by atoms with Crippen LogP contribution in [-0.2, 0) is 14.3 Å². The maximum atomic E-state index is 12.7. The highest BCUT2D eigenvalue weighted by Gasteiger charge is 2.30. The second-order valence-corrected chi connectivity index (χ2v) is 7.91. The molecule has 0 radical (unpaired) electrons. The van der Waals surface area contributed by atoms with Gasteiger partial charge in [-0.05, 0) is 27.8 Å². The second-order valence-electron chi connectivity index (χ2n) is 7.91. The van der Waals surface area contributed by atoms with Crippen molar-refractivity contribution >= 4 is 18.0 Å². The van der Waals surface area contributed by atoms with Crippen LogP contribution >= 0.6 is 0 Å². The maximum absolute atomic E-state index is 12.7. The van der Waals surface area contributed by atoms with Crippen molar-refractivity contribution < 1.29 is 29.3 Å². The number of aliphatic carboxylic acids is 1. The third kappa shape index (κ3) is 4.92. The first-order chi connectivity index (χ1) is 16.5. The third-order valence-electron chi connectivity index (χ3n) is 5.76. The number of hydrogen-bond acceptors (Lipinski definition) is 5. The van der Waals surface area contributed by atoms with Crippen LogP contribution in [0.5, 0.6) is 0 Å². The molecule has 2 amide bonds. The molecule has 2 atom stereocenters. The van der Waals surface area contributed by atoms with Gasteiger partial charge in [0.15, 0.2) is 6.10 Å². The molecule has 0 aliphatic heterocycles. The maximum Gasteiger partial charge on any atom is 0.408 e. The molecule has 1 aliphatic rings. The van der Waals surface area contributed by atoms with E-state index >= 15 is 0 Å². The van der Waals surface area contributed by atoms with Crippen molar-refractivity contribution in [3.63, 3.8) is 0 Å². The van der Waals surface area contributed by atoms with Crippen LogP contribution in [0.3, 0.4) is 0 Å². The number of amides is 2. The monoisotopic (exact) mass is 460 g/mol. The van der Waals surface area contributed by atoms with Gasteiger partial charge in [0.05, 0.1) is 6.54 Å². The molecule has 0 bridgehead atoms. The third-order valence-corrected chi connectivity index (χ3v) is 5.76. The van der Waals surface area contributed by atoms with Crippen LogP contribution in [-0.4, -0.2) is 47.4 Å². The Balaban J connectivity index is 1.45. The van der Waals surface area contributed by atoms with Crippen molar-refractivity contribution in [2.75, 3.05) is 13.2 Å². The minimum Gasteiger partial charge on any atom is -0.479 e. The van der Waals surface area contributed by atoms with Crippen molar-refractivity contribution in [1.29, 1.82) is 0 Å². The van der Waals surface area contributed by atoms with Gasteiger partial charge in [-0.3, -0.25) is 4.79 Å². The van der Waals surface area contributed by atoms with Crippen LogP contribution < -0.4 is 10.6 Å². The fourth-order valence-electron chi connectivity index (χ4n) is 4.09. The standard InChI is InChI=1S/C26H24N2O6/c29-22(25(31)32)14-27-24(30)23(16-8-2-1-3-9-16)28-26(33)34-15-21-19-12-6-4-10-17(19)18-11-5-7-13-20(18)21/h1-13,21-23,29H,14-15H2,(H,27,30)(H,28,33)(H,31,32)/t22?,23-/m1/s1. The molecule has 3 aromatic carbocycles. The number of benzene rings is 3. The van der Waals surface area contributed by atoms with Gasteiger partial charge < -0.3 is 25.6 Å². The Morgan fingerprint density at radius 1 is 0.853 bits per heavy atom. The van der Waals surface area contributed by atoms with Gasteiger partial charge in [0, 0.05) is 5.92 Å². The molecule has 0 spiro atoms. The van der Waals surface area contributed by atoms with Crippen LogP contribution in [0.25, 0.3) is 11.1 Å². The van der Waals surface area contributed by atoms with Crippen LogP contribution in [0.15, 0.2) is 78.9 Å². The van der Waals surface area contributed by atoms with Crippen molar-refractivity contribution in [2.24, 2.45) is 0 Å². The number of fused-ring (bicyclic) bond motifs is 3. The van der Waals surface area contributed by atoms with Crippen molar-refractivity contribution in [3.05, 3.63) is 95.6 Å². The Morgan fingerprint density at radius 2 is 1.41 bits per heavy atom. The molecule has 4 N–H and O–H groups in total. The van der Waals surface area contributed by atoms with E-state index in [1.54, 1.807) is 30.3 Å². The summed E-state index contributed by atoms with van der Waals surface area (Å²) < 4.78 is 5.53. The molecule has 0 heterocycles. The Bertz CT molecular complexity index is 1150. The summed E-state index contributed by atoms with van der Waals surface area (Å²) in [7, 11) is 0. The molecule has 1 unspecified atom stereocenters. The van der Waals surface area contributed by atoms with Crippen LogP contribution in [0.4, 0.5) is 4.79 Å². The number of alkyl carbamates (subject to hydrolysis) is 1. The summed E-state index contributed by atoms with van der Waals surface area (Å²) in [5.74, 6) is -2.26. The fourth-order valence-corrected chi connectivity index (χ4v) is 4.09. The molecule has 0 aromatic heterocycles. The van der Waals surface area contributed by atoms with Gasteiger partial charge in [-0.2, -0.15) is 0 Å². The Morgan fingerprint density at radius 3 is 2.00 bits per heavy atom.